The fourth-order valence-electron chi connectivity index (χ4n) is 1.62. The lowest BCUT2D eigenvalue weighted by Gasteiger charge is -2.07. The minimum Gasteiger partial charge on any atom is -0.387 e. The molecular weight excluding hydrogens is 242 g/mol. The number of aliphatic hydroxyl groups excluding tert-OH is 1. The Morgan fingerprint density at radius 2 is 1.94 bits per heavy atom. The number of aromatic nitrogens is 1. The van der Waals surface area contributed by atoms with Gasteiger partial charge in [-0.1, -0.05) is 37.3 Å². The summed E-state index contributed by atoms with van der Waals surface area (Å²) in [4.78, 5) is 5.42. The predicted octanol–water partition coefficient (Wildman–Crippen LogP) is 3.82. The maximum absolute atomic E-state index is 9.66. The van der Waals surface area contributed by atoms with Crippen LogP contribution in [0.1, 0.15) is 30.7 Å². The summed E-state index contributed by atoms with van der Waals surface area (Å²) >= 11 is 1.76. The van der Waals surface area contributed by atoms with Crippen molar-refractivity contribution in [2.24, 2.45) is 0 Å². The minimum absolute atomic E-state index is 0.446. The molecule has 0 radical (unpaired) electrons. The summed E-state index contributed by atoms with van der Waals surface area (Å²) in [6.07, 6.45) is 2.09. The van der Waals surface area contributed by atoms with Gasteiger partial charge in [-0.05, 0) is 24.1 Å². The first-order valence-corrected chi connectivity index (χ1v) is 7.09. The highest BCUT2D eigenvalue weighted by Crippen LogP contribution is 2.23. The van der Waals surface area contributed by atoms with Crippen LogP contribution in [0.5, 0.6) is 0 Å². The summed E-state index contributed by atoms with van der Waals surface area (Å²) in [6.45, 7) is 1.95. The standard InChI is InChI=1S/C15H17NOS/c1-2-15(17)14-9-8-13(10-16-14)18-11-12-6-4-3-5-7-12/h3-10,15,17H,2,11H2,1H3. The number of benzene rings is 1. The molecule has 3 heteroatoms. The quantitative estimate of drug-likeness (QED) is 0.829. The van der Waals surface area contributed by atoms with Gasteiger partial charge < -0.3 is 5.11 Å². The zero-order valence-corrected chi connectivity index (χ0v) is 11.2. The Bertz CT molecular complexity index is 470. The molecule has 0 aliphatic carbocycles. The van der Waals surface area contributed by atoms with E-state index in [1.54, 1.807) is 11.8 Å². The molecule has 0 aliphatic rings. The third-order valence-electron chi connectivity index (χ3n) is 2.74. The molecule has 0 spiro atoms. The monoisotopic (exact) mass is 259 g/mol. The first kappa shape index (κ1) is 13.1. The summed E-state index contributed by atoms with van der Waals surface area (Å²) in [5.41, 5.74) is 2.06. The van der Waals surface area contributed by atoms with Gasteiger partial charge in [0.1, 0.15) is 0 Å². The predicted molar refractivity (Wildman–Crippen MR) is 75.5 cm³/mol. The van der Waals surface area contributed by atoms with Crippen molar-refractivity contribution in [3.05, 3.63) is 59.9 Å². The van der Waals surface area contributed by atoms with Crippen LogP contribution >= 0.6 is 11.8 Å². The molecule has 1 heterocycles. The van der Waals surface area contributed by atoms with Gasteiger partial charge in [-0.25, -0.2) is 0 Å². The van der Waals surface area contributed by atoms with Crippen molar-refractivity contribution < 1.29 is 5.11 Å². The van der Waals surface area contributed by atoms with Crippen molar-refractivity contribution in [1.82, 2.24) is 4.98 Å². The van der Waals surface area contributed by atoms with Crippen LogP contribution in [0, 0.1) is 0 Å². The Balaban J connectivity index is 1.94. The van der Waals surface area contributed by atoms with Crippen molar-refractivity contribution in [3.63, 3.8) is 0 Å². The van der Waals surface area contributed by atoms with Gasteiger partial charge in [-0.3, -0.25) is 4.98 Å². The lowest BCUT2D eigenvalue weighted by atomic mass is 10.2. The maximum Gasteiger partial charge on any atom is 0.0957 e. The summed E-state index contributed by atoms with van der Waals surface area (Å²) in [5, 5.41) is 9.66. The smallest absolute Gasteiger partial charge is 0.0957 e. The first-order valence-electron chi connectivity index (χ1n) is 6.10. The zero-order chi connectivity index (χ0) is 12.8. The topological polar surface area (TPSA) is 33.1 Å². The highest BCUT2D eigenvalue weighted by Gasteiger charge is 2.05. The number of aliphatic hydroxyl groups is 1. The number of pyridine rings is 1. The SMILES string of the molecule is CCC(O)c1ccc(SCc2ccccc2)cn1. The molecule has 0 saturated carbocycles. The van der Waals surface area contributed by atoms with E-state index in [0.717, 1.165) is 16.3 Å². The normalized spacial score (nSPS) is 12.3. The second kappa shape index (κ2) is 6.57. The third-order valence-corrected chi connectivity index (χ3v) is 3.79. The van der Waals surface area contributed by atoms with Crippen LogP contribution in [0.4, 0.5) is 0 Å². The lowest BCUT2D eigenvalue weighted by Crippen LogP contribution is -1.97. The van der Waals surface area contributed by atoms with Gasteiger partial charge in [0.25, 0.3) is 0 Å². The van der Waals surface area contributed by atoms with E-state index < -0.39 is 6.10 Å². The second-order valence-corrected chi connectivity index (χ2v) is 5.17. The minimum atomic E-state index is -0.446. The molecule has 94 valence electrons. The highest BCUT2D eigenvalue weighted by atomic mass is 32.2. The van der Waals surface area contributed by atoms with Gasteiger partial charge in [0.15, 0.2) is 0 Å². The van der Waals surface area contributed by atoms with Crippen LogP contribution < -0.4 is 0 Å². The Morgan fingerprint density at radius 3 is 2.56 bits per heavy atom. The molecule has 0 fully saturated rings. The molecule has 2 aromatic rings. The first-order chi connectivity index (χ1) is 8.79. The molecule has 18 heavy (non-hydrogen) atoms. The Kier molecular flexibility index (Phi) is 4.79. The van der Waals surface area contributed by atoms with E-state index in [0.29, 0.717) is 6.42 Å². The molecule has 1 unspecified atom stereocenters. The molecule has 1 aromatic heterocycles. The summed E-state index contributed by atoms with van der Waals surface area (Å²) in [6, 6.07) is 14.3. The number of nitrogens with zero attached hydrogens (tertiary/aromatic N) is 1. The molecule has 0 amide bonds. The molecule has 1 N–H and O–H groups in total. The van der Waals surface area contributed by atoms with E-state index in [4.69, 9.17) is 0 Å². The van der Waals surface area contributed by atoms with Crippen molar-refractivity contribution in [1.29, 1.82) is 0 Å². The van der Waals surface area contributed by atoms with Gasteiger partial charge in [0.2, 0.25) is 0 Å². The summed E-state index contributed by atoms with van der Waals surface area (Å²) in [7, 11) is 0. The molecule has 2 rings (SSSR count). The zero-order valence-electron chi connectivity index (χ0n) is 10.4. The van der Waals surface area contributed by atoms with Crippen molar-refractivity contribution in [2.45, 2.75) is 30.1 Å². The van der Waals surface area contributed by atoms with E-state index >= 15 is 0 Å². The fourth-order valence-corrected chi connectivity index (χ4v) is 2.44. The number of rotatable bonds is 5. The van der Waals surface area contributed by atoms with E-state index in [1.807, 2.05) is 31.3 Å². The average Bonchev–Trinajstić information content (AvgIpc) is 2.46. The van der Waals surface area contributed by atoms with Crippen LogP contribution in [-0.4, -0.2) is 10.1 Å². The van der Waals surface area contributed by atoms with Crippen LogP contribution in [0.3, 0.4) is 0 Å². The highest BCUT2D eigenvalue weighted by molar-refractivity contribution is 7.98. The molecule has 1 aromatic carbocycles. The van der Waals surface area contributed by atoms with Gasteiger partial charge in [-0.2, -0.15) is 0 Å². The lowest BCUT2D eigenvalue weighted by molar-refractivity contribution is 0.169. The van der Waals surface area contributed by atoms with Crippen LogP contribution in [0.15, 0.2) is 53.6 Å². The summed E-state index contributed by atoms with van der Waals surface area (Å²) < 4.78 is 0. The van der Waals surface area contributed by atoms with E-state index in [9.17, 15) is 5.11 Å². The van der Waals surface area contributed by atoms with Crippen LogP contribution in [0.2, 0.25) is 0 Å². The molecule has 0 bridgehead atoms. The Morgan fingerprint density at radius 1 is 1.17 bits per heavy atom. The number of thioether (sulfide) groups is 1. The molecule has 0 saturated heterocycles. The van der Waals surface area contributed by atoms with E-state index in [1.165, 1.54) is 5.56 Å². The maximum atomic E-state index is 9.66. The Labute approximate surface area is 112 Å². The van der Waals surface area contributed by atoms with Gasteiger partial charge in [-0.15, -0.1) is 11.8 Å². The number of hydrogen-bond acceptors (Lipinski definition) is 3. The van der Waals surface area contributed by atoms with Crippen LogP contribution in [-0.2, 0) is 5.75 Å². The van der Waals surface area contributed by atoms with E-state index in [-0.39, 0.29) is 0 Å². The Hall–Kier alpha value is -1.32. The van der Waals surface area contributed by atoms with Gasteiger partial charge in [0.05, 0.1) is 11.8 Å². The van der Waals surface area contributed by atoms with Crippen molar-refractivity contribution in [3.8, 4) is 0 Å². The largest absolute Gasteiger partial charge is 0.387 e. The van der Waals surface area contributed by atoms with E-state index in [2.05, 4.69) is 29.2 Å². The molecule has 2 nitrogen and oxygen atoms in total. The fraction of sp³-hybridized carbons (Fsp3) is 0.267. The average molecular weight is 259 g/mol. The van der Waals surface area contributed by atoms with Gasteiger partial charge in [0, 0.05) is 16.8 Å². The molecular formula is C15H17NOS. The second-order valence-electron chi connectivity index (χ2n) is 4.12. The van der Waals surface area contributed by atoms with Crippen molar-refractivity contribution >= 4 is 11.8 Å². The van der Waals surface area contributed by atoms with Crippen molar-refractivity contribution in [2.75, 3.05) is 0 Å². The number of hydrogen-bond donors (Lipinski definition) is 1. The van der Waals surface area contributed by atoms with Crippen LogP contribution in [0.25, 0.3) is 0 Å². The molecule has 0 aliphatic heterocycles. The summed E-state index contributed by atoms with van der Waals surface area (Å²) in [5.74, 6) is 0.943. The van der Waals surface area contributed by atoms with Gasteiger partial charge >= 0.3 is 0 Å². The third kappa shape index (κ3) is 3.59. The molecule has 1 atom stereocenters.